The molecule has 0 aromatic heterocycles. The molecule has 0 amide bonds. The van der Waals surface area contributed by atoms with E-state index in [9.17, 15) is 13.2 Å². The second-order valence-corrected chi connectivity index (χ2v) is 5.14. The second-order valence-electron chi connectivity index (χ2n) is 4.29. The predicted molar refractivity (Wildman–Crippen MR) is 65.6 cm³/mol. The number of benzene rings is 1. The van der Waals surface area contributed by atoms with Gasteiger partial charge >= 0.3 is 6.18 Å². The van der Waals surface area contributed by atoms with Crippen LogP contribution in [-0.4, -0.2) is 18.8 Å². The topological polar surface area (TPSA) is 21.3 Å². The van der Waals surface area contributed by atoms with E-state index in [1.807, 2.05) is 0 Å². The molecule has 6 heteroatoms. The monoisotopic (exact) mass is 323 g/mol. The van der Waals surface area contributed by atoms with Crippen LogP contribution in [0.4, 0.5) is 13.2 Å². The molecule has 0 atom stereocenters. The van der Waals surface area contributed by atoms with Crippen LogP contribution in [0.1, 0.15) is 18.4 Å². The number of rotatable bonds is 5. The lowest BCUT2D eigenvalue weighted by Gasteiger charge is -2.15. The fraction of sp³-hybridized carbons (Fsp3) is 0.500. The van der Waals surface area contributed by atoms with E-state index in [0.29, 0.717) is 17.1 Å². The standard InChI is InChI=1S/C12H13BrF3NO/c13-10-3-1-2-8(6-17-9-4-5-9)11(10)18-7-12(14,15)16/h1-3,9,17H,4-7H2. The molecule has 0 heterocycles. The van der Waals surface area contributed by atoms with E-state index < -0.39 is 12.8 Å². The zero-order valence-electron chi connectivity index (χ0n) is 9.56. The van der Waals surface area contributed by atoms with Crippen LogP contribution in [0.3, 0.4) is 0 Å². The average Bonchev–Trinajstić information content (AvgIpc) is 3.07. The van der Waals surface area contributed by atoms with E-state index in [-0.39, 0.29) is 5.75 Å². The van der Waals surface area contributed by atoms with Crippen molar-refractivity contribution in [1.82, 2.24) is 5.32 Å². The maximum atomic E-state index is 12.2. The molecular weight excluding hydrogens is 311 g/mol. The maximum absolute atomic E-state index is 12.2. The van der Waals surface area contributed by atoms with E-state index in [4.69, 9.17) is 4.74 Å². The van der Waals surface area contributed by atoms with Crippen LogP contribution in [0.25, 0.3) is 0 Å². The molecule has 1 aliphatic carbocycles. The Labute approximate surface area is 112 Å². The Morgan fingerprint density at radius 2 is 2.06 bits per heavy atom. The number of halogens is 4. The van der Waals surface area contributed by atoms with Crippen molar-refractivity contribution in [2.45, 2.75) is 31.6 Å². The molecule has 1 N–H and O–H groups in total. The molecule has 1 saturated carbocycles. The van der Waals surface area contributed by atoms with Gasteiger partial charge in [-0.1, -0.05) is 12.1 Å². The summed E-state index contributed by atoms with van der Waals surface area (Å²) >= 11 is 3.22. The first-order valence-corrected chi connectivity index (χ1v) is 6.45. The van der Waals surface area contributed by atoms with Crippen LogP contribution in [0, 0.1) is 0 Å². The highest BCUT2D eigenvalue weighted by Gasteiger charge is 2.29. The third kappa shape index (κ3) is 4.17. The minimum absolute atomic E-state index is 0.267. The molecule has 0 spiro atoms. The van der Waals surface area contributed by atoms with Crippen molar-refractivity contribution in [3.8, 4) is 5.75 Å². The van der Waals surface area contributed by atoms with Crippen molar-refractivity contribution in [2.24, 2.45) is 0 Å². The molecule has 2 nitrogen and oxygen atoms in total. The number of hydrogen-bond donors (Lipinski definition) is 1. The van der Waals surface area contributed by atoms with Crippen LogP contribution in [0.5, 0.6) is 5.75 Å². The van der Waals surface area contributed by atoms with Gasteiger partial charge in [0.25, 0.3) is 0 Å². The van der Waals surface area contributed by atoms with Gasteiger partial charge in [-0.3, -0.25) is 0 Å². The highest BCUT2D eigenvalue weighted by molar-refractivity contribution is 9.10. The molecule has 2 rings (SSSR count). The molecule has 1 aliphatic rings. The largest absolute Gasteiger partial charge is 0.483 e. The quantitative estimate of drug-likeness (QED) is 0.893. The Balaban J connectivity index is 2.04. The number of nitrogens with one attached hydrogen (secondary N) is 1. The molecule has 0 saturated heterocycles. The molecule has 0 unspecified atom stereocenters. The predicted octanol–water partition coefficient (Wildman–Crippen LogP) is 3.64. The minimum atomic E-state index is -4.32. The number of alkyl halides is 3. The molecule has 0 radical (unpaired) electrons. The van der Waals surface area contributed by atoms with E-state index >= 15 is 0 Å². The summed E-state index contributed by atoms with van der Waals surface area (Å²) in [5.74, 6) is 0.267. The number of para-hydroxylation sites is 1. The third-order valence-corrected chi connectivity index (χ3v) is 3.21. The SMILES string of the molecule is FC(F)(F)COc1c(Br)cccc1CNC1CC1. The van der Waals surface area contributed by atoms with E-state index in [1.165, 1.54) is 0 Å². The molecule has 1 aromatic carbocycles. The van der Waals surface area contributed by atoms with Crippen LogP contribution in [0.2, 0.25) is 0 Å². The molecule has 0 bridgehead atoms. The number of ether oxygens (including phenoxy) is 1. The van der Waals surface area contributed by atoms with Gasteiger partial charge < -0.3 is 10.1 Å². The summed E-state index contributed by atoms with van der Waals surface area (Å²) in [6.45, 7) is -0.747. The minimum Gasteiger partial charge on any atom is -0.483 e. The first-order chi connectivity index (χ1) is 8.46. The molecule has 100 valence electrons. The second kappa shape index (κ2) is 5.48. The summed E-state index contributed by atoms with van der Waals surface area (Å²) in [5, 5.41) is 3.26. The van der Waals surface area contributed by atoms with Gasteiger partial charge in [-0.15, -0.1) is 0 Å². The van der Waals surface area contributed by atoms with Gasteiger partial charge in [0, 0.05) is 18.2 Å². The van der Waals surface area contributed by atoms with E-state index in [0.717, 1.165) is 18.4 Å². The average molecular weight is 324 g/mol. The summed E-state index contributed by atoms with van der Waals surface area (Å²) in [4.78, 5) is 0. The van der Waals surface area contributed by atoms with Crippen molar-refractivity contribution in [2.75, 3.05) is 6.61 Å². The van der Waals surface area contributed by atoms with Gasteiger partial charge in [0.1, 0.15) is 5.75 Å². The molecule has 0 aliphatic heterocycles. The Kier molecular flexibility index (Phi) is 4.17. The number of hydrogen-bond acceptors (Lipinski definition) is 2. The first kappa shape index (κ1) is 13.7. The smallest absolute Gasteiger partial charge is 0.422 e. The molecule has 1 aromatic rings. The highest BCUT2D eigenvalue weighted by Crippen LogP contribution is 2.31. The van der Waals surface area contributed by atoms with Gasteiger partial charge in [0.15, 0.2) is 6.61 Å². The van der Waals surface area contributed by atoms with Gasteiger partial charge in [0.05, 0.1) is 4.47 Å². The van der Waals surface area contributed by atoms with Gasteiger partial charge in [-0.2, -0.15) is 13.2 Å². The van der Waals surface area contributed by atoms with Crippen LogP contribution < -0.4 is 10.1 Å². The fourth-order valence-corrected chi connectivity index (χ4v) is 2.07. The summed E-state index contributed by atoms with van der Waals surface area (Å²) in [6, 6.07) is 5.73. The van der Waals surface area contributed by atoms with Crippen LogP contribution in [-0.2, 0) is 6.54 Å². The van der Waals surface area contributed by atoms with Crippen molar-refractivity contribution >= 4 is 15.9 Å². The zero-order chi connectivity index (χ0) is 13.2. The molecular formula is C12H13BrF3NO. The zero-order valence-corrected chi connectivity index (χ0v) is 11.1. The Bertz CT molecular complexity index is 418. The normalized spacial score (nSPS) is 15.8. The molecule has 1 fully saturated rings. The highest BCUT2D eigenvalue weighted by atomic mass is 79.9. The van der Waals surface area contributed by atoms with Gasteiger partial charge in [0.2, 0.25) is 0 Å². The Hall–Kier alpha value is -0.750. The summed E-state index contributed by atoms with van der Waals surface area (Å²) in [6.07, 6.45) is -2.06. The lowest BCUT2D eigenvalue weighted by atomic mass is 10.2. The first-order valence-electron chi connectivity index (χ1n) is 5.66. The maximum Gasteiger partial charge on any atom is 0.422 e. The summed E-state index contributed by atoms with van der Waals surface area (Å²) in [5.41, 5.74) is 0.737. The molecule has 18 heavy (non-hydrogen) atoms. The summed E-state index contributed by atoms with van der Waals surface area (Å²) in [7, 11) is 0. The summed E-state index contributed by atoms with van der Waals surface area (Å²) < 4.78 is 41.9. The Morgan fingerprint density at radius 3 is 2.67 bits per heavy atom. The van der Waals surface area contributed by atoms with E-state index in [1.54, 1.807) is 18.2 Å². The third-order valence-electron chi connectivity index (χ3n) is 2.59. The van der Waals surface area contributed by atoms with E-state index in [2.05, 4.69) is 21.2 Å². The van der Waals surface area contributed by atoms with Gasteiger partial charge in [-0.25, -0.2) is 0 Å². The van der Waals surface area contributed by atoms with Gasteiger partial charge in [-0.05, 0) is 34.8 Å². The van der Waals surface area contributed by atoms with Crippen LogP contribution >= 0.6 is 15.9 Å². The lowest BCUT2D eigenvalue weighted by molar-refractivity contribution is -0.153. The van der Waals surface area contributed by atoms with Crippen LogP contribution in [0.15, 0.2) is 22.7 Å². The Morgan fingerprint density at radius 1 is 1.33 bits per heavy atom. The van der Waals surface area contributed by atoms with Crippen molar-refractivity contribution in [1.29, 1.82) is 0 Å². The van der Waals surface area contributed by atoms with Crippen molar-refractivity contribution in [3.63, 3.8) is 0 Å². The van der Waals surface area contributed by atoms with Crippen molar-refractivity contribution < 1.29 is 17.9 Å². The fourth-order valence-electron chi connectivity index (χ4n) is 1.55. The van der Waals surface area contributed by atoms with Crippen molar-refractivity contribution in [3.05, 3.63) is 28.2 Å². The lowest BCUT2D eigenvalue weighted by Crippen LogP contribution is -2.21.